The number of aromatic nitrogens is 1. The Kier molecular flexibility index (Phi) is 3.43. The van der Waals surface area contributed by atoms with Crippen molar-refractivity contribution >= 4 is 22.4 Å². The molecule has 1 fully saturated rings. The third-order valence-corrected chi connectivity index (χ3v) is 3.85. The van der Waals surface area contributed by atoms with E-state index < -0.39 is 5.97 Å². The summed E-state index contributed by atoms with van der Waals surface area (Å²) >= 11 is 1.55. The quantitative estimate of drug-likeness (QED) is 0.879. The first-order valence-corrected chi connectivity index (χ1v) is 6.47. The van der Waals surface area contributed by atoms with Crippen LogP contribution in [0.1, 0.15) is 31.9 Å². The molecule has 5 heteroatoms. The Hall–Kier alpha value is -1.10. The van der Waals surface area contributed by atoms with Gasteiger partial charge in [0, 0.05) is 18.0 Å². The second-order valence-electron chi connectivity index (χ2n) is 4.23. The van der Waals surface area contributed by atoms with Crippen molar-refractivity contribution in [2.24, 2.45) is 0 Å². The SMILES string of the molecule is CC1CCCCN1c1nc(CC(=O)O)cs1. The van der Waals surface area contributed by atoms with Gasteiger partial charge in [0.25, 0.3) is 0 Å². The van der Waals surface area contributed by atoms with Gasteiger partial charge in [0.15, 0.2) is 5.13 Å². The lowest BCUT2D eigenvalue weighted by Crippen LogP contribution is -2.37. The van der Waals surface area contributed by atoms with Crippen LogP contribution >= 0.6 is 11.3 Å². The number of anilines is 1. The number of nitrogens with zero attached hydrogens (tertiary/aromatic N) is 2. The number of hydrogen-bond donors (Lipinski definition) is 1. The van der Waals surface area contributed by atoms with Crippen LogP contribution in [0.5, 0.6) is 0 Å². The molecule has 1 unspecified atom stereocenters. The summed E-state index contributed by atoms with van der Waals surface area (Å²) in [7, 11) is 0. The molecule has 1 N–H and O–H groups in total. The van der Waals surface area contributed by atoms with Gasteiger partial charge in [0.1, 0.15) is 0 Å². The van der Waals surface area contributed by atoms with Crippen molar-refractivity contribution in [2.75, 3.05) is 11.4 Å². The van der Waals surface area contributed by atoms with Gasteiger partial charge >= 0.3 is 5.97 Å². The van der Waals surface area contributed by atoms with Gasteiger partial charge in [-0.05, 0) is 26.2 Å². The van der Waals surface area contributed by atoms with E-state index in [1.54, 1.807) is 11.3 Å². The highest BCUT2D eigenvalue weighted by molar-refractivity contribution is 7.13. The molecule has 0 aliphatic carbocycles. The molecule has 16 heavy (non-hydrogen) atoms. The molecule has 0 radical (unpaired) electrons. The average molecular weight is 240 g/mol. The monoisotopic (exact) mass is 240 g/mol. The van der Waals surface area contributed by atoms with E-state index in [0.717, 1.165) is 11.7 Å². The Bertz CT molecular complexity index is 378. The topological polar surface area (TPSA) is 53.4 Å². The van der Waals surface area contributed by atoms with Crippen LogP contribution in [0.15, 0.2) is 5.38 Å². The Balaban J connectivity index is 2.08. The first-order chi connectivity index (χ1) is 7.66. The van der Waals surface area contributed by atoms with Crippen molar-refractivity contribution in [1.82, 2.24) is 4.98 Å². The van der Waals surface area contributed by atoms with Gasteiger partial charge in [-0.25, -0.2) is 4.98 Å². The Morgan fingerprint density at radius 2 is 2.50 bits per heavy atom. The molecule has 1 aromatic heterocycles. The minimum absolute atomic E-state index is 0.0265. The number of thiazole rings is 1. The fourth-order valence-electron chi connectivity index (χ4n) is 2.05. The van der Waals surface area contributed by atoms with Gasteiger partial charge in [0.2, 0.25) is 0 Å². The zero-order valence-electron chi connectivity index (χ0n) is 9.35. The van der Waals surface area contributed by atoms with Crippen LogP contribution in [0.4, 0.5) is 5.13 Å². The van der Waals surface area contributed by atoms with Crippen LogP contribution < -0.4 is 4.90 Å². The average Bonchev–Trinajstić information content (AvgIpc) is 2.66. The van der Waals surface area contributed by atoms with Gasteiger partial charge in [-0.15, -0.1) is 11.3 Å². The van der Waals surface area contributed by atoms with Crippen LogP contribution in [0.2, 0.25) is 0 Å². The number of hydrogen-bond acceptors (Lipinski definition) is 4. The number of rotatable bonds is 3. The second-order valence-corrected chi connectivity index (χ2v) is 5.07. The van der Waals surface area contributed by atoms with Gasteiger partial charge < -0.3 is 10.0 Å². The normalized spacial score (nSPS) is 21.1. The number of carboxylic acid groups (broad SMARTS) is 1. The lowest BCUT2D eigenvalue weighted by molar-refractivity contribution is -0.136. The van der Waals surface area contributed by atoms with Gasteiger partial charge in [0.05, 0.1) is 12.1 Å². The minimum Gasteiger partial charge on any atom is -0.481 e. The maximum Gasteiger partial charge on any atom is 0.309 e. The lowest BCUT2D eigenvalue weighted by Gasteiger charge is -2.33. The molecule has 88 valence electrons. The van der Waals surface area contributed by atoms with E-state index in [1.165, 1.54) is 19.3 Å². The van der Waals surface area contributed by atoms with Crippen LogP contribution in [0, 0.1) is 0 Å². The molecule has 1 atom stereocenters. The summed E-state index contributed by atoms with van der Waals surface area (Å²) in [4.78, 5) is 17.2. The number of carboxylic acids is 1. The van der Waals surface area contributed by atoms with Crippen molar-refractivity contribution in [3.05, 3.63) is 11.1 Å². The van der Waals surface area contributed by atoms with Gasteiger partial charge in [-0.3, -0.25) is 4.79 Å². The molecule has 0 aromatic carbocycles. The summed E-state index contributed by atoms with van der Waals surface area (Å²) in [6.45, 7) is 3.25. The maximum absolute atomic E-state index is 10.6. The van der Waals surface area contributed by atoms with Crippen molar-refractivity contribution in [1.29, 1.82) is 0 Å². The molecule has 4 nitrogen and oxygen atoms in total. The van der Waals surface area contributed by atoms with Crippen LogP contribution in [-0.4, -0.2) is 28.6 Å². The molecule has 1 aliphatic heterocycles. The summed E-state index contributed by atoms with van der Waals surface area (Å²) in [5.41, 5.74) is 0.672. The second kappa shape index (κ2) is 4.82. The van der Waals surface area contributed by atoms with Crippen molar-refractivity contribution in [3.63, 3.8) is 0 Å². The van der Waals surface area contributed by atoms with E-state index in [0.29, 0.717) is 11.7 Å². The Morgan fingerprint density at radius 1 is 1.69 bits per heavy atom. The number of piperidine rings is 1. The molecular formula is C11H16N2O2S. The predicted octanol–water partition coefficient (Wildman–Crippen LogP) is 2.15. The predicted molar refractivity (Wildman–Crippen MR) is 64.1 cm³/mol. The number of aliphatic carboxylic acids is 1. The largest absolute Gasteiger partial charge is 0.481 e. The standard InChI is InChI=1S/C11H16N2O2S/c1-8-4-2-3-5-13(8)11-12-9(7-16-11)6-10(14)15/h7-8H,2-6H2,1H3,(H,14,15). The molecule has 0 saturated carbocycles. The van der Waals surface area contributed by atoms with E-state index in [4.69, 9.17) is 5.11 Å². The summed E-state index contributed by atoms with van der Waals surface area (Å²) in [5.74, 6) is -0.816. The van der Waals surface area contributed by atoms with Gasteiger partial charge in [-0.2, -0.15) is 0 Å². The third-order valence-electron chi connectivity index (χ3n) is 2.92. The summed E-state index contributed by atoms with van der Waals surface area (Å²) in [6.07, 6.45) is 3.72. The fraction of sp³-hybridized carbons (Fsp3) is 0.636. The van der Waals surface area contributed by atoms with E-state index >= 15 is 0 Å². The lowest BCUT2D eigenvalue weighted by atomic mass is 10.1. The third kappa shape index (κ3) is 2.52. The summed E-state index contributed by atoms with van der Waals surface area (Å²) < 4.78 is 0. The molecule has 0 bridgehead atoms. The molecule has 2 rings (SSSR count). The minimum atomic E-state index is -0.816. The zero-order chi connectivity index (χ0) is 11.5. The van der Waals surface area contributed by atoms with Gasteiger partial charge in [-0.1, -0.05) is 0 Å². The van der Waals surface area contributed by atoms with E-state index in [1.807, 2.05) is 5.38 Å². The van der Waals surface area contributed by atoms with Crippen LogP contribution in [0.3, 0.4) is 0 Å². The zero-order valence-corrected chi connectivity index (χ0v) is 10.2. The summed E-state index contributed by atoms with van der Waals surface area (Å²) in [5, 5.41) is 11.5. The first-order valence-electron chi connectivity index (χ1n) is 5.59. The Labute approximate surface area is 98.9 Å². The fourth-order valence-corrected chi connectivity index (χ4v) is 3.00. The highest BCUT2D eigenvalue weighted by Crippen LogP contribution is 2.27. The van der Waals surface area contributed by atoms with Crippen molar-refractivity contribution < 1.29 is 9.90 Å². The molecule has 0 amide bonds. The van der Waals surface area contributed by atoms with Crippen molar-refractivity contribution in [3.8, 4) is 0 Å². The van der Waals surface area contributed by atoms with Crippen molar-refractivity contribution in [2.45, 2.75) is 38.6 Å². The summed E-state index contributed by atoms with van der Waals surface area (Å²) in [6, 6.07) is 0.526. The van der Waals surface area contributed by atoms with E-state index in [-0.39, 0.29) is 6.42 Å². The van der Waals surface area contributed by atoms with Crippen LogP contribution in [0.25, 0.3) is 0 Å². The molecular weight excluding hydrogens is 224 g/mol. The van der Waals surface area contributed by atoms with Crippen LogP contribution in [-0.2, 0) is 11.2 Å². The molecule has 1 aromatic rings. The smallest absolute Gasteiger partial charge is 0.309 e. The molecule has 1 saturated heterocycles. The molecule has 0 spiro atoms. The first kappa shape index (κ1) is 11.4. The molecule has 2 heterocycles. The highest BCUT2D eigenvalue weighted by atomic mass is 32.1. The van der Waals surface area contributed by atoms with E-state index in [2.05, 4.69) is 16.8 Å². The highest BCUT2D eigenvalue weighted by Gasteiger charge is 2.21. The molecule has 1 aliphatic rings. The Morgan fingerprint density at radius 3 is 3.19 bits per heavy atom. The number of carbonyl (C=O) groups is 1. The maximum atomic E-state index is 10.6. The van der Waals surface area contributed by atoms with E-state index in [9.17, 15) is 4.79 Å².